The predicted octanol–water partition coefficient (Wildman–Crippen LogP) is 2.40. The first-order valence-electron chi connectivity index (χ1n) is 7.07. The minimum atomic E-state index is -3.58. The number of nitrogens with two attached hydrogens (primary N) is 1. The molecule has 22 heavy (non-hydrogen) atoms. The van der Waals surface area contributed by atoms with Gasteiger partial charge < -0.3 is 10.5 Å². The molecule has 0 saturated heterocycles. The number of anilines is 1. The van der Waals surface area contributed by atoms with Crippen molar-refractivity contribution < 1.29 is 13.2 Å². The smallest absolute Gasteiger partial charge is 0.240 e. The van der Waals surface area contributed by atoms with E-state index in [1.165, 1.54) is 12.1 Å². The fourth-order valence-electron chi connectivity index (χ4n) is 1.88. The molecule has 0 radical (unpaired) electrons. The lowest BCUT2D eigenvalue weighted by atomic mass is 10.2. The number of nitrogens with one attached hydrogen (secondary N) is 1. The summed E-state index contributed by atoms with van der Waals surface area (Å²) in [4.78, 5) is 0.194. The third-order valence-electron chi connectivity index (χ3n) is 3.20. The molecule has 0 aromatic heterocycles. The zero-order valence-electron chi connectivity index (χ0n) is 12.4. The van der Waals surface area contributed by atoms with E-state index in [0.29, 0.717) is 17.9 Å². The zero-order valence-corrected chi connectivity index (χ0v) is 13.2. The molecule has 1 unspecified atom stereocenters. The topological polar surface area (TPSA) is 81.4 Å². The van der Waals surface area contributed by atoms with Crippen molar-refractivity contribution in [3.8, 4) is 5.75 Å². The quantitative estimate of drug-likeness (QED) is 0.768. The van der Waals surface area contributed by atoms with Crippen LogP contribution in [0.3, 0.4) is 0 Å². The second-order valence-corrected chi connectivity index (χ2v) is 6.63. The Morgan fingerprint density at radius 3 is 2.32 bits per heavy atom. The lowest BCUT2D eigenvalue weighted by Crippen LogP contribution is -2.38. The van der Waals surface area contributed by atoms with Gasteiger partial charge in [0, 0.05) is 5.69 Å². The number of benzene rings is 2. The Labute approximate surface area is 131 Å². The van der Waals surface area contributed by atoms with Crippen molar-refractivity contribution in [2.75, 3.05) is 12.3 Å². The van der Waals surface area contributed by atoms with Crippen LogP contribution in [0.2, 0.25) is 0 Å². The summed E-state index contributed by atoms with van der Waals surface area (Å²) in [5.74, 6) is 0.715. The van der Waals surface area contributed by atoms with Gasteiger partial charge in [-0.1, -0.05) is 25.1 Å². The van der Waals surface area contributed by atoms with Crippen molar-refractivity contribution in [3.63, 3.8) is 0 Å². The molecule has 1 atom stereocenters. The van der Waals surface area contributed by atoms with E-state index in [2.05, 4.69) is 4.72 Å². The predicted molar refractivity (Wildman–Crippen MR) is 87.2 cm³/mol. The Morgan fingerprint density at radius 2 is 1.73 bits per heavy atom. The summed E-state index contributed by atoms with van der Waals surface area (Å²) >= 11 is 0. The van der Waals surface area contributed by atoms with E-state index in [4.69, 9.17) is 10.5 Å². The van der Waals surface area contributed by atoms with Crippen LogP contribution in [0.25, 0.3) is 0 Å². The number of rotatable bonds is 7. The van der Waals surface area contributed by atoms with E-state index in [1.807, 2.05) is 37.3 Å². The molecule has 2 aromatic carbocycles. The average molecular weight is 320 g/mol. The number of nitrogen functional groups attached to an aromatic ring is 1. The van der Waals surface area contributed by atoms with Gasteiger partial charge in [0.15, 0.2) is 0 Å². The largest absolute Gasteiger partial charge is 0.492 e. The molecule has 118 valence electrons. The highest BCUT2D eigenvalue weighted by Crippen LogP contribution is 2.14. The van der Waals surface area contributed by atoms with Crippen LogP contribution in [0.1, 0.15) is 13.3 Å². The summed E-state index contributed by atoms with van der Waals surface area (Å²) in [5.41, 5.74) is 6.10. The second kappa shape index (κ2) is 7.29. The highest BCUT2D eigenvalue weighted by Gasteiger charge is 2.19. The lowest BCUT2D eigenvalue weighted by Gasteiger charge is -2.18. The molecule has 6 heteroatoms. The van der Waals surface area contributed by atoms with Gasteiger partial charge in [-0.2, -0.15) is 0 Å². The van der Waals surface area contributed by atoms with E-state index in [-0.39, 0.29) is 17.5 Å². The van der Waals surface area contributed by atoms with Crippen LogP contribution in [0.15, 0.2) is 59.5 Å². The normalized spacial score (nSPS) is 12.8. The van der Waals surface area contributed by atoms with Gasteiger partial charge in [-0.05, 0) is 42.8 Å². The van der Waals surface area contributed by atoms with E-state index in [0.717, 1.165) is 0 Å². The van der Waals surface area contributed by atoms with Gasteiger partial charge in [-0.15, -0.1) is 0 Å². The first-order valence-corrected chi connectivity index (χ1v) is 8.55. The number of ether oxygens (including phenoxy) is 1. The van der Waals surface area contributed by atoms with Crippen LogP contribution in [-0.2, 0) is 10.0 Å². The average Bonchev–Trinajstić information content (AvgIpc) is 2.52. The number of hydrogen-bond acceptors (Lipinski definition) is 4. The summed E-state index contributed by atoms with van der Waals surface area (Å²) in [6, 6.07) is 15.1. The monoisotopic (exact) mass is 320 g/mol. The molecule has 0 aliphatic heterocycles. The van der Waals surface area contributed by atoms with Gasteiger partial charge in [-0.25, -0.2) is 13.1 Å². The van der Waals surface area contributed by atoms with Gasteiger partial charge in [0.25, 0.3) is 0 Å². The summed E-state index contributed by atoms with van der Waals surface area (Å²) in [6.45, 7) is 2.18. The SMILES string of the molecule is CCC(COc1ccccc1)NS(=O)(=O)c1ccc(N)cc1. The van der Waals surface area contributed by atoms with Gasteiger partial charge in [-0.3, -0.25) is 0 Å². The number of hydrogen-bond donors (Lipinski definition) is 2. The molecule has 0 bridgehead atoms. The Morgan fingerprint density at radius 1 is 1.09 bits per heavy atom. The summed E-state index contributed by atoms with van der Waals surface area (Å²) in [6.07, 6.45) is 0.626. The van der Waals surface area contributed by atoms with Gasteiger partial charge >= 0.3 is 0 Å². The standard InChI is InChI=1S/C16H20N2O3S/c1-2-14(12-21-15-6-4-3-5-7-15)18-22(19,20)16-10-8-13(17)9-11-16/h3-11,14,18H,2,12,17H2,1H3. The van der Waals surface area contributed by atoms with Crippen LogP contribution in [0.4, 0.5) is 5.69 Å². The summed E-state index contributed by atoms with van der Waals surface area (Å²) in [5, 5.41) is 0. The molecule has 2 aromatic rings. The van der Waals surface area contributed by atoms with Crippen molar-refractivity contribution in [2.24, 2.45) is 0 Å². The Kier molecular flexibility index (Phi) is 5.41. The molecule has 0 aliphatic carbocycles. The highest BCUT2D eigenvalue weighted by atomic mass is 32.2. The lowest BCUT2D eigenvalue weighted by molar-refractivity contribution is 0.275. The minimum absolute atomic E-state index is 0.194. The van der Waals surface area contributed by atoms with Gasteiger partial charge in [0.2, 0.25) is 10.0 Å². The first-order chi connectivity index (χ1) is 10.5. The van der Waals surface area contributed by atoms with Crippen LogP contribution in [0.5, 0.6) is 5.75 Å². The molecule has 0 aliphatic rings. The Hall–Kier alpha value is -2.05. The van der Waals surface area contributed by atoms with Crippen molar-refractivity contribution in [1.29, 1.82) is 0 Å². The van der Waals surface area contributed by atoms with Crippen molar-refractivity contribution >= 4 is 15.7 Å². The minimum Gasteiger partial charge on any atom is -0.492 e. The number of sulfonamides is 1. The molecular weight excluding hydrogens is 300 g/mol. The third kappa shape index (κ3) is 4.47. The molecule has 2 rings (SSSR count). The molecule has 5 nitrogen and oxygen atoms in total. The first kappa shape index (κ1) is 16.3. The molecular formula is C16H20N2O3S. The third-order valence-corrected chi connectivity index (χ3v) is 4.74. The molecule has 3 N–H and O–H groups in total. The van der Waals surface area contributed by atoms with E-state index < -0.39 is 10.0 Å². The maximum atomic E-state index is 12.3. The van der Waals surface area contributed by atoms with Crippen LogP contribution < -0.4 is 15.2 Å². The van der Waals surface area contributed by atoms with Crippen LogP contribution >= 0.6 is 0 Å². The van der Waals surface area contributed by atoms with Crippen molar-refractivity contribution in [2.45, 2.75) is 24.3 Å². The maximum Gasteiger partial charge on any atom is 0.240 e. The second-order valence-electron chi connectivity index (χ2n) is 4.92. The fraction of sp³-hybridized carbons (Fsp3) is 0.250. The molecule has 0 fully saturated rings. The molecule has 0 heterocycles. The van der Waals surface area contributed by atoms with E-state index in [9.17, 15) is 8.42 Å². The Bertz CT molecular complexity index is 685. The fourth-order valence-corrected chi connectivity index (χ4v) is 3.19. The van der Waals surface area contributed by atoms with Gasteiger partial charge in [0.1, 0.15) is 12.4 Å². The molecule has 0 amide bonds. The maximum absolute atomic E-state index is 12.3. The van der Waals surface area contributed by atoms with Crippen LogP contribution in [0, 0.1) is 0 Å². The molecule has 0 saturated carbocycles. The summed E-state index contributed by atoms with van der Waals surface area (Å²) < 4.78 is 32.9. The number of para-hydroxylation sites is 1. The van der Waals surface area contributed by atoms with Crippen molar-refractivity contribution in [1.82, 2.24) is 4.72 Å². The van der Waals surface area contributed by atoms with Crippen LogP contribution in [-0.4, -0.2) is 21.1 Å². The highest BCUT2D eigenvalue weighted by molar-refractivity contribution is 7.89. The van der Waals surface area contributed by atoms with E-state index >= 15 is 0 Å². The van der Waals surface area contributed by atoms with E-state index in [1.54, 1.807) is 12.1 Å². The van der Waals surface area contributed by atoms with Crippen molar-refractivity contribution in [3.05, 3.63) is 54.6 Å². The van der Waals surface area contributed by atoms with Gasteiger partial charge in [0.05, 0.1) is 10.9 Å². The zero-order chi connectivity index (χ0) is 16.0. The molecule has 0 spiro atoms. The summed E-state index contributed by atoms with van der Waals surface area (Å²) in [7, 11) is -3.58. The Balaban J connectivity index is 2.01.